The summed E-state index contributed by atoms with van der Waals surface area (Å²) in [4.78, 5) is 5.84. The molecule has 1 nitrogen and oxygen atoms in total. The highest BCUT2D eigenvalue weighted by molar-refractivity contribution is 7.16. The molecular formula is C10H9NS. The molecule has 3 rings (SSSR count). The van der Waals surface area contributed by atoms with Crippen molar-refractivity contribution in [1.82, 2.24) is 4.98 Å². The molecule has 0 saturated carbocycles. The Morgan fingerprint density at radius 3 is 3.33 bits per heavy atom. The minimum absolute atomic E-state index is 1.18. The Morgan fingerprint density at radius 2 is 2.33 bits per heavy atom. The predicted octanol–water partition coefficient (Wildman–Crippen LogP) is 2.79. The second kappa shape index (κ2) is 2.30. The van der Waals surface area contributed by atoms with E-state index in [1.54, 1.807) is 11.3 Å². The number of nitrogens with zero attached hydrogens (tertiary/aromatic N) is 1. The van der Waals surface area contributed by atoms with Crippen LogP contribution in [0.3, 0.4) is 0 Å². The minimum Gasteiger partial charge on any atom is -0.242 e. The van der Waals surface area contributed by atoms with E-state index in [0.29, 0.717) is 0 Å². The van der Waals surface area contributed by atoms with Crippen LogP contribution >= 0.6 is 11.3 Å². The Morgan fingerprint density at radius 1 is 1.33 bits per heavy atom. The summed E-state index contributed by atoms with van der Waals surface area (Å²) in [5.41, 5.74) is 2.81. The Kier molecular flexibility index (Phi) is 1.27. The van der Waals surface area contributed by atoms with Gasteiger partial charge in [0.05, 0.1) is 0 Å². The first kappa shape index (κ1) is 6.61. The normalized spacial score (nSPS) is 15.3. The first-order chi connectivity index (χ1) is 5.93. The van der Waals surface area contributed by atoms with E-state index in [1.807, 2.05) is 0 Å². The molecule has 2 aromatic heterocycles. The molecule has 1 aliphatic rings. The highest BCUT2D eigenvalue weighted by Crippen LogP contribution is 2.26. The second-order valence-electron chi connectivity index (χ2n) is 3.26. The van der Waals surface area contributed by atoms with Crippen molar-refractivity contribution in [2.75, 3.05) is 0 Å². The van der Waals surface area contributed by atoms with Crippen LogP contribution in [0.4, 0.5) is 0 Å². The molecule has 0 N–H and O–H groups in total. The Hall–Kier alpha value is -0.890. The van der Waals surface area contributed by atoms with Gasteiger partial charge in [0.1, 0.15) is 4.83 Å². The first-order valence-electron chi connectivity index (χ1n) is 4.29. The fourth-order valence-corrected chi connectivity index (χ4v) is 2.63. The molecular weight excluding hydrogens is 166 g/mol. The van der Waals surface area contributed by atoms with Crippen LogP contribution in [0.15, 0.2) is 17.5 Å². The molecule has 0 aliphatic heterocycles. The molecule has 0 unspecified atom stereocenters. The predicted molar refractivity (Wildman–Crippen MR) is 51.6 cm³/mol. The lowest BCUT2D eigenvalue weighted by molar-refractivity contribution is 0.901. The number of pyridine rings is 1. The maximum Gasteiger partial charge on any atom is 0.123 e. The van der Waals surface area contributed by atoms with Crippen molar-refractivity contribution in [2.24, 2.45) is 0 Å². The summed E-state index contributed by atoms with van der Waals surface area (Å²) in [6.07, 6.45) is 3.71. The lowest BCUT2D eigenvalue weighted by Gasteiger charge is -1.96. The zero-order valence-corrected chi connectivity index (χ0v) is 7.53. The van der Waals surface area contributed by atoms with Crippen LogP contribution in [0.25, 0.3) is 10.2 Å². The van der Waals surface area contributed by atoms with Crippen molar-refractivity contribution in [3.8, 4) is 0 Å². The zero-order chi connectivity index (χ0) is 7.97. The third kappa shape index (κ3) is 0.815. The molecule has 0 spiro atoms. The molecule has 2 heterocycles. The SMILES string of the molecule is c1cc2cc3c(nc2s1)CCC3. The fraction of sp³-hybridized carbons (Fsp3) is 0.300. The topological polar surface area (TPSA) is 12.9 Å². The largest absolute Gasteiger partial charge is 0.242 e. The summed E-state index contributed by atoms with van der Waals surface area (Å²) >= 11 is 1.74. The number of thiophene rings is 1. The van der Waals surface area contributed by atoms with E-state index < -0.39 is 0 Å². The van der Waals surface area contributed by atoms with Crippen molar-refractivity contribution >= 4 is 21.6 Å². The maximum absolute atomic E-state index is 4.63. The summed E-state index contributed by atoms with van der Waals surface area (Å²) in [5, 5.41) is 3.44. The van der Waals surface area contributed by atoms with Gasteiger partial charge in [-0.2, -0.15) is 0 Å². The van der Waals surface area contributed by atoms with Crippen molar-refractivity contribution in [2.45, 2.75) is 19.3 Å². The van der Waals surface area contributed by atoms with Crippen molar-refractivity contribution < 1.29 is 0 Å². The third-order valence-electron chi connectivity index (χ3n) is 2.47. The number of hydrogen-bond donors (Lipinski definition) is 0. The van der Waals surface area contributed by atoms with E-state index in [4.69, 9.17) is 0 Å². The van der Waals surface area contributed by atoms with Gasteiger partial charge < -0.3 is 0 Å². The van der Waals surface area contributed by atoms with Crippen LogP contribution in [0.1, 0.15) is 17.7 Å². The van der Waals surface area contributed by atoms with Crippen LogP contribution in [0, 0.1) is 0 Å². The molecule has 0 bridgehead atoms. The molecule has 60 valence electrons. The van der Waals surface area contributed by atoms with E-state index in [9.17, 15) is 0 Å². The van der Waals surface area contributed by atoms with Gasteiger partial charge in [-0.15, -0.1) is 11.3 Å². The van der Waals surface area contributed by atoms with Gasteiger partial charge in [0.25, 0.3) is 0 Å². The lowest BCUT2D eigenvalue weighted by Crippen LogP contribution is -1.85. The van der Waals surface area contributed by atoms with Crippen LogP contribution in [-0.2, 0) is 12.8 Å². The number of rotatable bonds is 0. The standard InChI is InChI=1S/C10H9NS/c1-2-7-6-8-4-5-12-10(8)11-9(7)3-1/h4-6H,1-3H2. The molecule has 0 saturated heterocycles. The monoisotopic (exact) mass is 175 g/mol. The van der Waals surface area contributed by atoms with Crippen molar-refractivity contribution in [3.05, 3.63) is 28.8 Å². The van der Waals surface area contributed by atoms with Gasteiger partial charge >= 0.3 is 0 Å². The van der Waals surface area contributed by atoms with E-state index >= 15 is 0 Å². The number of aryl methyl sites for hydroxylation is 2. The summed E-state index contributed by atoms with van der Waals surface area (Å²) < 4.78 is 0. The quantitative estimate of drug-likeness (QED) is 0.600. The second-order valence-corrected chi connectivity index (χ2v) is 4.16. The zero-order valence-electron chi connectivity index (χ0n) is 6.71. The maximum atomic E-state index is 4.63. The summed E-state index contributed by atoms with van der Waals surface area (Å²) in [6.45, 7) is 0. The summed E-state index contributed by atoms with van der Waals surface area (Å²) in [6, 6.07) is 4.47. The van der Waals surface area contributed by atoms with Gasteiger partial charge in [-0.1, -0.05) is 0 Å². The van der Waals surface area contributed by atoms with Crippen molar-refractivity contribution in [3.63, 3.8) is 0 Å². The lowest BCUT2D eigenvalue weighted by atomic mass is 10.2. The Labute approximate surface area is 75.1 Å². The third-order valence-corrected chi connectivity index (χ3v) is 3.29. The Bertz CT molecular complexity index is 392. The van der Waals surface area contributed by atoms with Gasteiger partial charge in [0.2, 0.25) is 0 Å². The molecule has 12 heavy (non-hydrogen) atoms. The summed E-state index contributed by atoms with van der Waals surface area (Å²) in [7, 11) is 0. The minimum atomic E-state index is 1.18. The molecule has 2 aromatic rings. The Balaban J connectivity index is 2.38. The van der Waals surface area contributed by atoms with Gasteiger partial charge in [-0.05, 0) is 42.3 Å². The molecule has 0 radical (unpaired) electrons. The average Bonchev–Trinajstić information content (AvgIpc) is 2.64. The highest BCUT2D eigenvalue weighted by Gasteiger charge is 2.12. The van der Waals surface area contributed by atoms with Gasteiger partial charge in [0, 0.05) is 11.1 Å². The van der Waals surface area contributed by atoms with E-state index in [0.717, 1.165) is 0 Å². The van der Waals surface area contributed by atoms with Gasteiger partial charge in [-0.25, -0.2) is 4.98 Å². The smallest absolute Gasteiger partial charge is 0.123 e. The van der Waals surface area contributed by atoms with Crippen LogP contribution < -0.4 is 0 Å². The van der Waals surface area contributed by atoms with E-state index in [1.165, 1.54) is 40.7 Å². The number of hydrogen-bond acceptors (Lipinski definition) is 2. The molecule has 0 atom stereocenters. The number of aromatic nitrogens is 1. The average molecular weight is 175 g/mol. The highest BCUT2D eigenvalue weighted by atomic mass is 32.1. The van der Waals surface area contributed by atoms with E-state index in [2.05, 4.69) is 22.5 Å². The van der Waals surface area contributed by atoms with Crippen LogP contribution in [-0.4, -0.2) is 4.98 Å². The van der Waals surface area contributed by atoms with Gasteiger partial charge in [-0.3, -0.25) is 0 Å². The van der Waals surface area contributed by atoms with Crippen LogP contribution in [0.5, 0.6) is 0 Å². The molecule has 0 amide bonds. The van der Waals surface area contributed by atoms with Crippen LogP contribution in [0.2, 0.25) is 0 Å². The molecule has 1 aliphatic carbocycles. The summed E-state index contributed by atoms with van der Waals surface area (Å²) in [5.74, 6) is 0. The molecule has 2 heteroatoms. The first-order valence-corrected chi connectivity index (χ1v) is 5.17. The fourth-order valence-electron chi connectivity index (χ4n) is 1.86. The number of fused-ring (bicyclic) bond motifs is 2. The molecule has 0 fully saturated rings. The molecule has 0 aromatic carbocycles. The van der Waals surface area contributed by atoms with Gasteiger partial charge in [0.15, 0.2) is 0 Å². The van der Waals surface area contributed by atoms with E-state index in [-0.39, 0.29) is 0 Å². The van der Waals surface area contributed by atoms with Crippen molar-refractivity contribution in [1.29, 1.82) is 0 Å².